The number of methoxy groups -OCH3 is 1. The standard InChI is InChI=1S/C20H13F4N3O2S/c1-29-17-7-4-12(20(22,23)24)8-14(17)25-18(28)16-10-30-19-26-15(9-27(16)19)11-2-5-13(21)6-3-11/h2-10H,1H3,(H,25,28). The molecule has 0 saturated carbocycles. The summed E-state index contributed by atoms with van der Waals surface area (Å²) in [6.45, 7) is 0. The second-order valence-electron chi connectivity index (χ2n) is 6.27. The highest BCUT2D eigenvalue weighted by atomic mass is 32.1. The Balaban J connectivity index is 1.66. The number of aromatic nitrogens is 2. The van der Waals surface area contributed by atoms with E-state index in [2.05, 4.69) is 10.3 Å². The molecule has 10 heteroatoms. The number of ether oxygens (including phenoxy) is 1. The fourth-order valence-electron chi connectivity index (χ4n) is 2.88. The second kappa shape index (κ2) is 7.45. The van der Waals surface area contributed by atoms with Crippen molar-refractivity contribution >= 4 is 27.9 Å². The van der Waals surface area contributed by atoms with Crippen LogP contribution in [-0.2, 0) is 6.18 Å². The minimum absolute atomic E-state index is 0.0976. The number of imidazole rings is 1. The maximum absolute atomic E-state index is 13.1. The molecule has 0 aliphatic carbocycles. The van der Waals surface area contributed by atoms with Crippen molar-refractivity contribution in [2.45, 2.75) is 6.18 Å². The van der Waals surface area contributed by atoms with Gasteiger partial charge in [-0.05, 0) is 42.5 Å². The molecule has 2 aromatic heterocycles. The number of anilines is 1. The molecule has 2 aromatic carbocycles. The summed E-state index contributed by atoms with van der Waals surface area (Å²) in [5.74, 6) is -0.905. The summed E-state index contributed by atoms with van der Waals surface area (Å²) < 4.78 is 58.8. The Morgan fingerprint density at radius 1 is 1.17 bits per heavy atom. The summed E-state index contributed by atoms with van der Waals surface area (Å²) >= 11 is 1.19. The Morgan fingerprint density at radius 3 is 2.57 bits per heavy atom. The maximum atomic E-state index is 13.1. The molecule has 154 valence electrons. The normalized spacial score (nSPS) is 11.6. The molecule has 1 N–H and O–H groups in total. The summed E-state index contributed by atoms with van der Waals surface area (Å²) in [7, 11) is 1.30. The number of carbonyl (C=O) groups is 1. The van der Waals surface area contributed by atoms with Crippen molar-refractivity contribution in [2.24, 2.45) is 0 Å². The van der Waals surface area contributed by atoms with Gasteiger partial charge in [0.25, 0.3) is 5.91 Å². The van der Waals surface area contributed by atoms with Crippen LogP contribution in [0.25, 0.3) is 16.2 Å². The van der Waals surface area contributed by atoms with Crippen LogP contribution in [0.15, 0.2) is 54.0 Å². The Hall–Kier alpha value is -3.40. The van der Waals surface area contributed by atoms with Crippen molar-refractivity contribution in [3.8, 4) is 17.0 Å². The molecule has 0 radical (unpaired) electrons. The van der Waals surface area contributed by atoms with Crippen molar-refractivity contribution < 1.29 is 27.1 Å². The number of benzene rings is 2. The van der Waals surface area contributed by atoms with E-state index in [-0.39, 0.29) is 22.9 Å². The van der Waals surface area contributed by atoms with Crippen LogP contribution >= 0.6 is 11.3 Å². The Kier molecular flexibility index (Phi) is 4.94. The van der Waals surface area contributed by atoms with Crippen molar-refractivity contribution in [3.63, 3.8) is 0 Å². The number of amides is 1. The fourth-order valence-corrected chi connectivity index (χ4v) is 3.73. The van der Waals surface area contributed by atoms with Crippen molar-refractivity contribution in [2.75, 3.05) is 12.4 Å². The lowest BCUT2D eigenvalue weighted by molar-refractivity contribution is -0.137. The molecule has 0 saturated heterocycles. The molecule has 0 fully saturated rings. The number of carbonyl (C=O) groups excluding carboxylic acids is 1. The quantitative estimate of drug-likeness (QED) is 0.432. The van der Waals surface area contributed by atoms with E-state index < -0.39 is 17.6 Å². The lowest BCUT2D eigenvalue weighted by atomic mass is 10.1. The van der Waals surface area contributed by atoms with Crippen LogP contribution in [0.5, 0.6) is 5.75 Å². The second-order valence-corrected chi connectivity index (χ2v) is 7.11. The van der Waals surface area contributed by atoms with Crippen molar-refractivity contribution in [1.82, 2.24) is 9.38 Å². The van der Waals surface area contributed by atoms with Gasteiger partial charge in [0.05, 0.1) is 24.1 Å². The summed E-state index contributed by atoms with van der Waals surface area (Å²) in [5, 5.41) is 4.02. The maximum Gasteiger partial charge on any atom is 0.416 e. The van der Waals surface area contributed by atoms with Crippen LogP contribution in [0.2, 0.25) is 0 Å². The Bertz CT molecular complexity index is 1230. The monoisotopic (exact) mass is 435 g/mol. The highest BCUT2D eigenvalue weighted by Gasteiger charge is 2.31. The molecule has 0 spiro atoms. The molecule has 0 aliphatic rings. The van der Waals surface area contributed by atoms with Gasteiger partial charge in [0.1, 0.15) is 17.3 Å². The van der Waals surface area contributed by atoms with Gasteiger partial charge < -0.3 is 10.1 Å². The van der Waals surface area contributed by atoms with Gasteiger partial charge in [0, 0.05) is 17.1 Å². The molecule has 4 aromatic rings. The highest BCUT2D eigenvalue weighted by molar-refractivity contribution is 7.15. The number of rotatable bonds is 4. The molecule has 1 amide bonds. The zero-order chi connectivity index (χ0) is 21.5. The Morgan fingerprint density at radius 2 is 1.90 bits per heavy atom. The first-order valence-electron chi connectivity index (χ1n) is 8.55. The van der Waals surface area contributed by atoms with E-state index >= 15 is 0 Å². The number of fused-ring (bicyclic) bond motifs is 1. The van der Waals surface area contributed by atoms with E-state index in [1.807, 2.05) is 0 Å². The molecule has 0 bridgehead atoms. The smallest absolute Gasteiger partial charge is 0.416 e. The van der Waals surface area contributed by atoms with Crippen LogP contribution in [0.1, 0.15) is 16.1 Å². The first-order chi connectivity index (χ1) is 14.3. The number of nitrogens with one attached hydrogen (secondary N) is 1. The van der Waals surface area contributed by atoms with Crippen LogP contribution in [-0.4, -0.2) is 22.4 Å². The van der Waals surface area contributed by atoms with Crippen LogP contribution in [0.3, 0.4) is 0 Å². The van der Waals surface area contributed by atoms with E-state index in [4.69, 9.17) is 4.74 Å². The average molecular weight is 435 g/mol. The summed E-state index contributed by atoms with van der Waals surface area (Å²) in [6, 6.07) is 8.57. The van der Waals surface area contributed by atoms with Gasteiger partial charge in [-0.1, -0.05) is 0 Å². The summed E-state index contributed by atoms with van der Waals surface area (Å²) in [4.78, 5) is 17.7. The number of nitrogens with zero attached hydrogens (tertiary/aromatic N) is 2. The van der Waals surface area contributed by atoms with Crippen LogP contribution in [0, 0.1) is 5.82 Å². The third-order valence-corrected chi connectivity index (χ3v) is 5.20. The lowest BCUT2D eigenvalue weighted by Gasteiger charge is -2.13. The zero-order valence-electron chi connectivity index (χ0n) is 15.3. The minimum atomic E-state index is -4.56. The van der Waals surface area contributed by atoms with Crippen LogP contribution < -0.4 is 10.1 Å². The van der Waals surface area contributed by atoms with E-state index in [9.17, 15) is 22.4 Å². The molecule has 0 aliphatic heterocycles. The van der Waals surface area contributed by atoms with Gasteiger partial charge in [-0.25, -0.2) is 9.37 Å². The summed E-state index contributed by atoms with van der Waals surface area (Å²) in [6.07, 6.45) is -2.95. The topological polar surface area (TPSA) is 55.6 Å². The average Bonchev–Trinajstić information content (AvgIpc) is 3.28. The molecular formula is C20H13F4N3O2S. The highest BCUT2D eigenvalue weighted by Crippen LogP contribution is 2.35. The summed E-state index contributed by atoms with van der Waals surface area (Å²) in [5.41, 5.74) is 0.381. The largest absolute Gasteiger partial charge is 0.495 e. The van der Waals surface area contributed by atoms with E-state index in [0.29, 0.717) is 16.2 Å². The van der Waals surface area contributed by atoms with Gasteiger partial charge in [0.2, 0.25) is 0 Å². The third-order valence-electron chi connectivity index (χ3n) is 4.36. The van der Waals surface area contributed by atoms with Gasteiger partial charge in [-0.3, -0.25) is 9.20 Å². The number of alkyl halides is 3. The number of thiazole rings is 1. The van der Waals surface area contributed by atoms with Crippen LogP contribution in [0.4, 0.5) is 23.2 Å². The molecule has 4 rings (SSSR count). The predicted octanol–water partition coefficient (Wildman–Crippen LogP) is 5.48. The minimum Gasteiger partial charge on any atom is -0.495 e. The molecule has 2 heterocycles. The van der Waals surface area contributed by atoms with E-state index in [1.54, 1.807) is 23.7 Å². The predicted molar refractivity (Wildman–Crippen MR) is 104 cm³/mol. The van der Waals surface area contributed by atoms with Gasteiger partial charge in [-0.2, -0.15) is 13.2 Å². The Labute approximate surface area is 171 Å². The fraction of sp³-hybridized carbons (Fsp3) is 0.100. The van der Waals surface area contributed by atoms with Gasteiger partial charge in [-0.15, -0.1) is 11.3 Å². The van der Waals surface area contributed by atoms with Crippen molar-refractivity contribution in [3.05, 3.63) is 71.1 Å². The first kappa shape index (κ1) is 19.9. The van der Waals surface area contributed by atoms with E-state index in [0.717, 1.165) is 18.2 Å². The first-order valence-corrected chi connectivity index (χ1v) is 9.43. The molecule has 5 nitrogen and oxygen atoms in total. The molecule has 30 heavy (non-hydrogen) atoms. The van der Waals surface area contributed by atoms with Gasteiger partial charge >= 0.3 is 6.18 Å². The molecular weight excluding hydrogens is 422 g/mol. The molecule has 0 unspecified atom stereocenters. The van der Waals surface area contributed by atoms with Crippen molar-refractivity contribution in [1.29, 1.82) is 0 Å². The zero-order valence-corrected chi connectivity index (χ0v) is 16.1. The molecule has 0 atom stereocenters. The number of hydrogen-bond donors (Lipinski definition) is 1. The third kappa shape index (κ3) is 3.73. The lowest BCUT2D eigenvalue weighted by Crippen LogP contribution is -2.15. The van der Waals surface area contributed by atoms with E-state index in [1.165, 1.54) is 35.0 Å². The number of hydrogen-bond acceptors (Lipinski definition) is 4. The van der Waals surface area contributed by atoms with Gasteiger partial charge in [0.15, 0.2) is 4.96 Å². The SMILES string of the molecule is COc1ccc(C(F)(F)F)cc1NC(=O)c1csc2nc(-c3ccc(F)cc3)cn12. The number of halogens is 4.